The van der Waals surface area contributed by atoms with Gasteiger partial charge in [0.1, 0.15) is 0 Å². The SMILES string of the molecule is CCP(C)C=C(F)F. The van der Waals surface area contributed by atoms with E-state index in [2.05, 4.69) is 0 Å². The Bertz CT molecular complexity index is 86.4. The first kappa shape index (κ1) is 8.03. The summed E-state index contributed by atoms with van der Waals surface area (Å²) in [6, 6.07) is 0. The minimum Gasteiger partial charge on any atom is -0.173 e. The summed E-state index contributed by atoms with van der Waals surface area (Å²) >= 11 is 0. The zero-order chi connectivity index (χ0) is 6.57. The molecule has 0 rings (SSSR count). The van der Waals surface area contributed by atoms with Crippen LogP contribution < -0.4 is 0 Å². The van der Waals surface area contributed by atoms with E-state index < -0.39 is 14.0 Å². The third kappa shape index (κ3) is 4.20. The third-order valence-corrected chi connectivity index (χ3v) is 2.45. The van der Waals surface area contributed by atoms with Crippen molar-refractivity contribution in [2.75, 3.05) is 12.8 Å². The van der Waals surface area contributed by atoms with Gasteiger partial charge in [-0.05, 0) is 12.8 Å². The van der Waals surface area contributed by atoms with E-state index in [4.69, 9.17) is 0 Å². The smallest absolute Gasteiger partial charge is 0.173 e. The summed E-state index contributed by atoms with van der Waals surface area (Å²) in [5.74, 6) is 1.04. The van der Waals surface area contributed by atoms with E-state index in [1.54, 1.807) is 0 Å². The first-order valence-electron chi connectivity index (χ1n) is 2.40. The number of hydrogen-bond acceptors (Lipinski definition) is 0. The van der Waals surface area contributed by atoms with Gasteiger partial charge in [0.25, 0.3) is 6.08 Å². The topological polar surface area (TPSA) is 0 Å². The standard InChI is InChI=1S/C5H9F2P/c1-3-8(2)4-5(6)7/h4H,3H2,1-2H3. The van der Waals surface area contributed by atoms with Crippen LogP contribution in [0.2, 0.25) is 0 Å². The van der Waals surface area contributed by atoms with Crippen LogP contribution in [0.15, 0.2) is 11.9 Å². The highest BCUT2D eigenvalue weighted by Gasteiger charge is 1.93. The Morgan fingerprint density at radius 2 is 2.12 bits per heavy atom. The summed E-state index contributed by atoms with van der Waals surface area (Å²) in [6.07, 6.45) is -0.701. The predicted molar refractivity (Wildman–Crippen MR) is 33.7 cm³/mol. The van der Waals surface area contributed by atoms with Crippen molar-refractivity contribution in [3.05, 3.63) is 11.9 Å². The predicted octanol–water partition coefficient (Wildman–Crippen LogP) is 2.86. The van der Waals surface area contributed by atoms with Crippen LogP contribution in [0.4, 0.5) is 8.78 Å². The van der Waals surface area contributed by atoms with Crippen molar-refractivity contribution in [2.24, 2.45) is 0 Å². The van der Waals surface area contributed by atoms with Gasteiger partial charge in [0, 0.05) is 5.82 Å². The van der Waals surface area contributed by atoms with Crippen LogP contribution in [-0.2, 0) is 0 Å². The molecule has 0 aliphatic rings. The molecule has 0 radical (unpaired) electrons. The van der Waals surface area contributed by atoms with E-state index >= 15 is 0 Å². The number of rotatable bonds is 2. The maximum atomic E-state index is 11.3. The molecule has 0 nitrogen and oxygen atoms in total. The van der Waals surface area contributed by atoms with Crippen molar-refractivity contribution >= 4 is 7.92 Å². The Morgan fingerprint density at radius 3 is 2.25 bits per heavy atom. The molecule has 0 saturated carbocycles. The summed E-state index contributed by atoms with van der Waals surface area (Å²) in [6.45, 7) is 3.74. The van der Waals surface area contributed by atoms with Gasteiger partial charge >= 0.3 is 0 Å². The van der Waals surface area contributed by atoms with Crippen LogP contribution in [0.1, 0.15) is 6.92 Å². The van der Waals surface area contributed by atoms with Crippen LogP contribution >= 0.6 is 7.92 Å². The largest absolute Gasteiger partial charge is 0.270 e. The van der Waals surface area contributed by atoms with Gasteiger partial charge in [-0.3, -0.25) is 0 Å². The van der Waals surface area contributed by atoms with Crippen LogP contribution in [-0.4, -0.2) is 12.8 Å². The first-order valence-corrected chi connectivity index (χ1v) is 4.44. The molecule has 0 spiro atoms. The highest BCUT2D eigenvalue weighted by molar-refractivity contribution is 7.60. The van der Waals surface area contributed by atoms with Crippen molar-refractivity contribution in [1.82, 2.24) is 0 Å². The second-order valence-corrected chi connectivity index (χ2v) is 3.90. The quantitative estimate of drug-likeness (QED) is 0.514. The summed E-state index contributed by atoms with van der Waals surface area (Å²) in [4.78, 5) is 0. The zero-order valence-electron chi connectivity index (χ0n) is 4.99. The Morgan fingerprint density at radius 1 is 1.62 bits per heavy atom. The second-order valence-electron chi connectivity index (χ2n) is 1.49. The lowest BCUT2D eigenvalue weighted by Gasteiger charge is -1.96. The van der Waals surface area contributed by atoms with Crippen molar-refractivity contribution < 1.29 is 8.78 Å². The van der Waals surface area contributed by atoms with Gasteiger partial charge in [-0.15, -0.1) is 0 Å². The molecule has 0 bridgehead atoms. The molecule has 1 unspecified atom stereocenters. The Hall–Kier alpha value is 0.0300. The first-order chi connectivity index (χ1) is 3.66. The van der Waals surface area contributed by atoms with Gasteiger partial charge in [0.15, 0.2) is 0 Å². The highest BCUT2D eigenvalue weighted by atomic mass is 31.1. The maximum Gasteiger partial charge on any atom is 0.270 e. The minimum atomic E-state index is -1.54. The molecule has 8 heavy (non-hydrogen) atoms. The molecule has 48 valence electrons. The summed E-state index contributed by atoms with van der Waals surface area (Å²) in [5.41, 5.74) is 0. The molecule has 1 atom stereocenters. The number of hydrogen-bond donors (Lipinski definition) is 0. The molecule has 0 aliphatic heterocycles. The Kier molecular flexibility index (Phi) is 3.98. The molecule has 0 aliphatic carbocycles. The molecule has 0 heterocycles. The third-order valence-electron chi connectivity index (χ3n) is 0.817. The fraction of sp³-hybridized carbons (Fsp3) is 0.600. The molecular formula is C5H9F2P. The monoisotopic (exact) mass is 138 g/mol. The maximum absolute atomic E-state index is 11.3. The average molecular weight is 138 g/mol. The molecule has 3 heteroatoms. The Labute approximate surface area is 49.3 Å². The van der Waals surface area contributed by atoms with Gasteiger partial charge in [-0.2, -0.15) is 8.78 Å². The normalized spacial score (nSPS) is 13.0. The van der Waals surface area contributed by atoms with E-state index in [9.17, 15) is 8.78 Å². The summed E-state index contributed by atoms with van der Waals surface area (Å²) in [7, 11) is -0.530. The molecule has 0 N–H and O–H groups in total. The van der Waals surface area contributed by atoms with Gasteiger partial charge in [-0.1, -0.05) is 14.8 Å². The van der Waals surface area contributed by atoms with Crippen molar-refractivity contribution in [3.8, 4) is 0 Å². The zero-order valence-corrected chi connectivity index (χ0v) is 5.88. The van der Waals surface area contributed by atoms with Crippen molar-refractivity contribution in [1.29, 1.82) is 0 Å². The number of halogens is 2. The van der Waals surface area contributed by atoms with Gasteiger partial charge in [0.2, 0.25) is 0 Å². The van der Waals surface area contributed by atoms with E-state index in [1.807, 2.05) is 13.6 Å². The second kappa shape index (κ2) is 3.96. The lowest BCUT2D eigenvalue weighted by Crippen LogP contribution is -1.68. The van der Waals surface area contributed by atoms with Gasteiger partial charge in [-0.25, -0.2) is 0 Å². The Balaban J connectivity index is 3.51. The van der Waals surface area contributed by atoms with Crippen LogP contribution in [0.3, 0.4) is 0 Å². The van der Waals surface area contributed by atoms with E-state index in [0.29, 0.717) is 0 Å². The summed E-state index contributed by atoms with van der Waals surface area (Å²) < 4.78 is 22.7. The van der Waals surface area contributed by atoms with E-state index in [1.165, 1.54) is 0 Å². The molecule has 0 fully saturated rings. The molecule has 0 aromatic carbocycles. The van der Waals surface area contributed by atoms with Crippen LogP contribution in [0.25, 0.3) is 0 Å². The van der Waals surface area contributed by atoms with E-state index in [0.717, 1.165) is 12.0 Å². The van der Waals surface area contributed by atoms with Crippen molar-refractivity contribution in [2.45, 2.75) is 6.92 Å². The lowest BCUT2D eigenvalue weighted by molar-refractivity contribution is 0.424. The highest BCUT2D eigenvalue weighted by Crippen LogP contribution is 2.33. The summed E-state index contributed by atoms with van der Waals surface area (Å²) in [5, 5.41) is 0. The fourth-order valence-corrected chi connectivity index (χ4v) is 0.774. The average Bonchev–Trinajstić information content (AvgIpc) is 1.65. The lowest BCUT2D eigenvalue weighted by atomic mass is 11.0. The van der Waals surface area contributed by atoms with Crippen molar-refractivity contribution in [3.63, 3.8) is 0 Å². The van der Waals surface area contributed by atoms with E-state index in [-0.39, 0.29) is 0 Å². The minimum absolute atomic E-state index is 0.530. The molecule has 0 aromatic heterocycles. The van der Waals surface area contributed by atoms with Gasteiger partial charge in [0.05, 0.1) is 0 Å². The molecule has 0 saturated heterocycles. The molecule has 0 aromatic rings. The molecular weight excluding hydrogens is 129 g/mol. The van der Waals surface area contributed by atoms with Crippen LogP contribution in [0.5, 0.6) is 0 Å². The van der Waals surface area contributed by atoms with Crippen LogP contribution in [0, 0.1) is 0 Å². The molecule has 0 amide bonds. The van der Waals surface area contributed by atoms with Gasteiger partial charge < -0.3 is 0 Å². The fourth-order valence-electron chi connectivity index (χ4n) is 0.258.